The molecule has 0 bridgehead atoms. The molecule has 0 radical (unpaired) electrons. The lowest BCUT2D eigenvalue weighted by Gasteiger charge is -2.21. The number of aliphatic hydroxyl groups excluding tert-OH is 1. The summed E-state index contributed by atoms with van der Waals surface area (Å²) < 4.78 is 68.6. The summed E-state index contributed by atoms with van der Waals surface area (Å²) in [6, 6.07) is 0. The fourth-order valence-electron chi connectivity index (χ4n) is 12.1. The Kier molecular flexibility index (Phi) is 68.1. The first kappa shape index (κ1) is 96.1. The number of rotatable bonds is 77. The van der Waals surface area contributed by atoms with Crippen molar-refractivity contribution in [2.75, 3.05) is 39.6 Å². The van der Waals surface area contributed by atoms with Crippen LogP contribution < -0.4 is 0 Å². The summed E-state index contributed by atoms with van der Waals surface area (Å²) in [5.74, 6) is 0.182. The number of esters is 4. The van der Waals surface area contributed by atoms with E-state index in [1.54, 1.807) is 0 Å². The molecule has 0 saturated heterocycles. The van der Waals surface area contributed by atoms with Crippen molar-refractivity contribution in [2.24, 2.45) is 17.8 Å². The van der Waals surface area contributed by atoms with E-state index in [4.69, 9.17) is 37.0 Å². The highest BCUT2D eigenvalue weighted by Gasteiger charge is 2.30. The van der Waals surface area contributed by atoms with Crippen LogP contribution in [-0.4, -0.2) is 96.7 Å². The Balaban J connectivity index is 5.23. The average Bonchev–Trinajstić information content (AvgIpc) is 1.04. The number of hydrogen-bond acceptors (Lipinski definition) is 15. The second kappa shape index (κ2) is 69.4. The second-order valence-corrected chi connectivity index (χ2v) is 32.3. The van der Waals surface area contributed by atoms with Crippen LogP contribution in [0.5, 0.6) is 0 Å². The molecule has 3 N–H and O–H groups in total. The third-order valence-electron chi connectivity index (χ3n) is 19.1. The Hall–Kier alpha value is -1.94. The Morgan fingerprint density at radius 2 is 0.520 bits per heavy atom. The van der Waals surface area contributed by atoms with Gasteiger partial charge in [0.2, 0.25) is 0 Å². The maximum absolute atomic E-state index is 13.1. The van der Waals surface area contributed by atoms with Gasteiger partial charge in [-0.25, -0.2) is 9.13 Å². The highest BCUT2D eigenvalue weighted by Crippen LogP contribution is 2.45. The van der Waals surface area contributed by atoms with Crippen molar-refractivity contribution < 1.29 is 80.2 Å². The van der Waals surface area contributed by atoms with Crippen LogP contribution in [0.1, 0.15) is 408 Å². The van der Waals surface area contributed by atoms with Gasteiger partial charge in [-0.3, -0.25) is 37.3 Å². The zero-order valence-corrected chi connectivity index (χ0v) is 66.0. The van der Waals surface area contributed by atoms with Gasteiger partial charge in [-0.05, 0) is 43.4 Å². The van der Waals surface area contributed by atoms with Gasteiger partial charge in [0.25, 0.3) is 0 Å². The maximum atomic E-state index is 13.1. The molecule has 17 nitrogen and oxygen atoms in total. The summed E-state index contributed by atoms with van der Waals surface area (Å²) in [5.41, 5.74) is 0. The minimum absolute atomic E-state index is 0.104. The zero-order chi connectivity index (χ0) is 72.3. The van der Waals surface area contributed by atoms with Crippen LogP contribution in [0.25, 0.3) is 0 Å². The van der Waals surface area contributed by atoms with Crippen LogP contribution in [0, 0.1) is 17.8 Å². The number of hydrogen-bond donors (Lipinski definition) is 3. The maximum Gasteiger partial charge on any atom is 0.472 e. The first-order chi connectivity index (χ1) is 47.3. The highest BCUT2D eigenvalue weighted by molar-refractivity contribution is 7.47. The number of phosphoric ester groups is 2. The van der Waals surface area contributed by atoms with E-state index < -0.39 is 97.5 Å². The van der Waals surface area contributed by atoms with Gasteiger partial charge in [0.05, 0.1) is 26.4 Å². The first-order valence-electron chi connectivity index (χ1n) is 40.9. The normalized spacial score (nSPS) is 14.6. The highest BCUT2D eigenvalue weighted by atomic mass is 31.2. The quantitative estimate of drug-likeness (QED) is 0.0222. The molecular weight excluding hydrogens is 1280 g/mol. The number of ether oxygens (including phenoxy) is 4. The van der Waals surface area contributed by atoms with E-state index in [-0.39, 0.29) is 25.7 Å². The molecule has 582 valence electrons. The molecule has 0 saturated carbocycles. The molecule has 7 atom stereocenters. The second-order valence-electron chi connectivity index (χ2n) is 29.4. The van der Waals surface area contributed by atoms with E-state index in [2.05, 4.69) is 48.5 Å². The predicted octanol–water partition coefficient (Wildman–Crippen LogP) is 23.4. The summed E-state index contributed by atoms with van der Waals surface area (Å²) in [6.07, 6.45) is 57.0. The SMILES string of the molecule is CCCCCCCCCCCCCCCCCCCCCC(=O)O[C@H](COC(=O)CCCCCCCCCCCCCCCCC(C)CC)COP(=O)(O)OC[C@@H](O)COP(=O)(O)OC[C@@H](COC(=O)CCCCCCCCC(C)CC)OC(=O)CCCCCCCCCCC(C)C. The van der Waals surface area contributed by atoms with Gasteiger partial charge in [0, 0.05) is 25.7 Å². The molecular formula is C79H154O17P2. The van der Waals surface area contributed by atoms with Crippen molar-refractivity contribution >= 4 is 39.5 Å². The topological polar surface area (TPSA) is 237 Å². The molecule has 19 heteroatoms. The van der Waals surface area contributed by atoms with Crippen LogP contribution in [0.2, 0.25) is 0 Å². The smallest absolute Gasteiger partial charge is 0.462 e. The van der Waals surface area contributed by atoms with Crippen molar-refractivity contribution in [1.29, 1.82) is 0 Å². The van der Waals surface area contributed by atoms with E-state index in [1.165, 1.54) is 212 Å². The lowest BCUT2D eigenvalue weighted by atomic mass is 9.99. The molecule has 98 heavy (non-hydrogen) atoms. The number of unbranched alkanes of at least 4 members (excludes halogenated alkanes) is 43. The fourth-order valence-corrected chi connectivity index (χ4v) is 13.6. The van der Waals surface area contributed by atoms with E-state index in [0.717, 1.165) is 114 Å². The van der Waals surface area contributed by atoms with E-state index in [0.29, 0.717) is 25.7 Å². The Labute approximate surface area is 600 Å². The van der Waals surface area contributed by atoms with E-state index in [9.17, 15) is 43.2 Å². The van der Waals surface area contributed by atoms with Gasteiger partial charge in [-0.1, -0.05) is 357 Å². The molecule has 0 rings (SSSR count). The zero-order valence-electron chi connectivity index (χ0n) is 64.3. The summed E-state index contributed by atoms with van der Waals surface area (Å²) in [4.78, 5) is 72.9. The van der Waals surface area contributed by atoms with Gasteiger partial charge in [0.15, 0.2) is 12.2 Å². The minimum Gasteiger partial charge on any atom is -0.462 e. The molecule has 0 aliphatic carbocycles. The van der Waals surface area contributed by atoms with Crippen LogP contribution >= 0.6 is 15.6 Å². The van der Waals surface area contributed by atoms with Gasteiger partial charge in [-0.15, -0.1) is 0 Å². The summed E-state index contributed by atoms with van der Waals surface area (Å²) in [7, 11) is -9.92. The fraction of sp³-hybridized carbons (Fsp3) is 0.949. The Bertz CT molecular complexity index is 1910. The Morgan fingerprint density at radius 3 is 0.776 bits per heavy atom. The van der Waals surface area contributed by atoms with Gasteiger partial charge in [-0.2, -0.15) is 0 Å². The van der Waals surface area contributed by atoms with Crippen LogP contribution in [0.15, 0.2) is 0 Å². The van der Waals surface area contributed by atoms with Crippen LogP contribution in [0.4, 0.5) is 0 Å². The molecule has 0 aromatic rings. The Morgan fingerprint density at radius 1 is 0.296 bits per heavy atom. The van der Waals surface area contributed by atoms with Crippen molar-refractivity contribution in [1.82, 2.24) is 0 Å². The average molecular weight is 1440 g/mol. The number of carbonyl (C=O) groups is 4. The van der Waals surface area contributed by atoms with Crippen molar-refractivity contribution in [3.63, 3.8) is 0 Å². The predicted molar refractivity (Wildman–Crippen MR) is 400 cm³/mol. The van der Waals surface area contributed by atoms with E-state index >= 15 is 0 Å². The van der Waals surface area contributed by atoms with E-state index in [1.807, 2.05) is 0 Å². The van der Waals surface area contributed by atoms with Crippen LogP contribution in [0.3, 0.4) is 0 Å². The van der Waals surface area contributed by atoms with Crippen molar-refractivity contribution in [3.05, 3.63) is 0 Å². The number of aliphatic hydroxyl groups is 1. The molecule has 0 fully saturated rings. The monoisotopic (exact) mass is 1440 g/mol. The molecule has 0 spiro atoms. The third-order valence-corrected chi connectivity index (χ3v) is 21.0. The lowest BCUT2D eigenvalue weighted by Crippen LogP contribution is -2.30. The molecule has 0 aromatic heterocycles. The molecule has 0 amide bonds. The molecule has 0 aliphatic rings. The largest absolute Gasteiger partial charge is 0.472 e. The molecule has 0 aromatic carbocycles. The summed E-state index contributed by atoms with van der Waals surface area (Å²) in [5, 5.41) is 10.6. The van der Waals surface area contributed by atoms with Gasteiger partial charge in [0.1, 0.15) is 19.3 Å². The van der Waals surface area contributed by atoms with Crippen LogP contribution in [-0.2, 0) is 65.4 Å². The van der Waals surface area contributed by atoms with Gasteiger partial charge < -0.3 is 33.8 Å². The minimum atomic E-state index is -4.96. The standard InChI is InChI=1S/C79H154O17P2/c1-8-11-12-13-14-15-16-17-18-19-20-21-22-27-30-33-39-48-55-62-78(83)95-74(66-89-76(81)60-53-46-38-32-29-26-24-23-25-28-31-37-44-51-58-71(6)9-2)68-93-97(85,86)91-64-73(80)65-92-98(87,88)94-69-75(67-90-77(82)61-54-47-42-41-45-52-59-72(7)10-3)96-79(84)63-56-49-40-35-34-36-43-50-57-70(4)5/h70-75,80H,8-69H2,1-7H3,(H,85,86)(H,87,88)/t71?,72?,73-,74-,75-/m1/s1. The summed E-state index contributed by atoms with van der Waals surface area (Å²) >= 11 is 0. The number of phosphoric acid groups is 2. The number of carbonyl (C=O) groups excluding carboxylic acids is 4. The molecule has 4 unspecified atom stereocenters. The molecule has 0 aliphatic heterocycles. The third kappa shape index (κ3) is 69.8. The molecule has 0 heterocycles. The summed E-state index contributed by atoms with van der Waals surface area (Å²) in [6.45, 7) is 11.9. The first-order valence-corrected chi connectivity index (χ1v) is 43.9. The lowest BCUT2D eigenvalue weighted by molar-refractivity contribution is -0.161. The van der Waals surface area contributed by atoms with Crippen molar-refractivity contribution in [3.8, 4) is 0 Å². The van der Waals surface area contributed by atoms with Gasteiger partial charge >= 0.3 is 39.5 Å². The van der Waals surface area contributed by atoms with Crippen molar-refractivity contribution in [2.45, 2.75) is 426 Å².